The first kappa shape index (κ1) is 10.8. The summed E-state index contributed by atoms with van der Waals surface area (Å²) in [5.41, 5.74) is 1.95. The SMILES string of the molecule is OC1CCCn2c1cnc2-c1ccc(Cl)cc1. The summed E-state index contributed by atoms with van der Waals surface area (Å²) in [7, 11) is 0. The number of imidazole rings is 1. The second-order valence-corrected chi connectivity index (χ2v) is 4.76. The summed E-state index contributed by atoms with van der Waals surface area (Å²) < 4.78 is 2.09. The van der Waals surface area contributed by atoms with Crippen LogP contribution in [0.15, 0.2) is 30.5 Å². The fraction of sp³-hybridized carbons (Fsp3) is 0.308. The van der Waals surface area contributed by atoms with Crippen LogP contribution >= 0.6 is 11.6 Å². The number of hydrogen-bond donors (Lipinski definition) is 1. The third-order valence-electron chi connectivity index (χ3n) is 3.19. The number of fused-ring (bicyclic) bond motifs is 1. The molecule has 0 saturated carbocycles. The van der Waals surface area contributed by atoms with Crippen molar-refractivity contribution in [1.29, 1.82) is 0 Å². The molecule has 3 rings (SSSR count). The zero-order valence-electron chi connectivity index (χ0n) is 9.31. The van der Waals surface area contributed by atoms with Crippen LogP contribution < -0.4 is 0 Å². The number of aromatic nitrogens is 2. The highest BCUT2D eigenvalue weighted by molar-refractivity contribution is 6.30. The minimum atomic E-state index is -0.377. The molecule has 0 saturated heterocycles. The summed E-state index contributed by atoms with van der Waals surface area (Å²) in [6.45, 7) is 0.921. The Morgan fingerprint density at radius 2 is 2.06 bits per heavy atom. The average molecular weight is 249 g/mol. The van der Waals surface area contributed by atoms with Crippen LogP contribution in [-0.2, 0) is 6.54 Å². The summed E-state index contributed by atoms with van der Waals surface area (Å²) in [5, 5.41) is 10.6. The van der Waals surface area contributed by atoms with E-state index in [0.717, 1.165) is 41.5 Å². The number of nitrogens with zero attached hydrogens (tertiary/aromatic N) is 2. The van der Waals surface area contributed by atoms with Crippen LogP contribution in [0.1, 0.15) is 24.6 Å². The van der Waals surface area contributed by atoms with Crippen molar-refractivity contribution in [2.75, 3.05) is 0 Å². The number of hydrogen-bond acceptors (Lipinski definition) is 2. The molecule has 1 unspecified atom stereocenters. The van der Waals surface area contributed by atoms with E-state index < -0.39 is 0 Å². The lowest BCUT2D eigenvalue weighted by Gasteiger charge is -2.21. The maximum absolute atomic E-state index is 9.88. The maximum atomic E-state index is 9.88. The van der Waals surface area contributed by atoms with Crippen LogP contribution in [0.2, 0.25) is 5.02 Å². The molecule has 1 aliphatic heterocycles. The van der Waals surface area contributed by atoms with E-state index >= 15 is 0 Å². The summed E-state index contributed by atoms with van der Waals surface area (Å²) >= 11 is 5.87. The molecule has 0 spiro atoms. The number of benzene rings is 1. The molecule has 1 N–H and O–H groups in total. The van der Waals surface area contributed by atoms with Gasteiger partial charge >= 0.3 is 0 Å². The minimum Gasteiger partial charge on any atom is -0.387 e. The lowest BCUT2D eigenvalue weighted by Crippen LogP contribution is -2.15. The Kier molecular flexibility index (Phi) is 2.65. The molecular weight excluding hydrogens is 236 g/mol. The Morgan fingerprint density at radius 1 is 1.29 bits per heavy atom. The van der Waals surface area contributed by atoms with Gasteiger partial charge in [0, 0.05) is 17.1 Å². The van der Waals surface area contributed by atoms with Gasteiger partial charge in [-0.3, -0.25) is 0 Å². The highest BCUT2D eigenvalue weighted by Gasteiger charge is 2.21. The Bertz CT molecular complexity index is 533. The van der Waals surface area contributed by atoms with Crippen molar-refractivity contribution in [3.05, 3.63) is 41.2 Å². The van der Waals surface area contributed by atoms with Crippen LogP contribution in [0.25, 0.3) is 11.4 Å². The van der Waals surface area contributed by atoms with E-state index in [1.54, 1.807) is 6.20 Å². The van der Waals surface area contributed by atoms with Crippen molar-refractivity contribution in [3.63, 3.8) is 0 Å². The predicted octanol–water partition coefficient (Wildman–Crippen LogP) is 3.03. The molecule has 4 heteroatoms. The molecule has 0 fully saturated rings. The fourth-order valence-electron chi connectivity index (χ4n) is 2.31. The fourth-order valence-corrected chi connectivity index (χ4v) is 2.44. The van der Waals surface area contributed by atoms with Crippen LogP contribution in [0.5, 0.6) is 0 Å². The van der Waals surface area contributed by atoms with Crippen LogP contribution in [-0.4, -0.2) is 14.7 Å². The molecule has 17 heavy (non-hydrogen) atoms. The van der Waals surface area contributed by atoms with Gasteiger partial charge in [-0.15, -0.1) is 0 Å². The Balaban J connectivity index is 2.07. The van der Waals surface area contributed by atoms with Gasteiger partial charge in [-0.2, -0.15) is 0 Å². The molecular formula is C13H13ClN2O. The van der Waals surface area contributed by atoms with Gasteiger partial charge in [-0.05, 0) is 37.1 Å². The van der Waals surface area contributed by atoms with Crippen molar-refractivity contribution < 1.29 is 5.11 Å². The monoisotopic (exact) mass is 248 g/mol. The summed E-state index contributed by atoms with van der Waals surface area (Å²) in [4.78, 5) is 4.41. The topological polar surface area (TPSA) is 38.0 Å². The lowest BCUT2D eigenvalue weighted by atomic mass is 10.1. The van der Waals surface area contributed by atoms with Gasteiger partial charge in [0.15, 0.2) is 0 Å². The molecule has 0 radical (unpaired) electrons. The first-order valence-electron chi connectivity index (χ1n) is 5.75. The maximum Gasteiger partial charge on any atom is 0.140 e. The van der Waals surface area contributed by atoms with Gasteiger partial charge in [0.1, 0.15) is 5.82 Å². The van der Waals surface area contributed by atoms with Crippen molar-refractivity contribution in [1.82, 2.24) is 9.55 Å². The highest BCUT2D eigenvalue weighted by atomic mass is 35.5. The van der Waals surface area contributed by atoms with E-state index in [4.69, 9.17) is 11.6 Å². The Labute approximate surface area is 105 Å². The van der Waals surface area contributed by atoms with Gasteiger partial charge < -0.3 is 9.67 Å². The predicted molar refractivity (Wildman–Crippen MR) is 66.9 cm³/mol. The van der Waals surface area contributed by atoms with Gasteiger partial charge in [0.25, 0.3) is 0 Å². The van der Waals surface area contributed by atoms with Crippen LogP contribution in [0, 0.1) is 0 Å². The molecule has 1 aromatic carbocycles. The molecule has 2 aromatic rings. The largest absolute Gasteiger partial charge is 0.387 e. The quantitative estimate of drug-likeness (QED) is 0.842. The molecule has 0 aliphatic carbocycles. The number of rotatable bonds is 1. The van der Waals surface area contributed by atoms with E-state index in [0.29, 0.717) is 0 Å². The molecule has 1 aromatic heterocycles. The van der Waals surface area contributed by atoms with E-state index in [2.05, 4.69) is 9.55 Å². The van der Waals surface area contributed by atoms with Gasteiger partial charge in [-0.1, -0.05) is 11.6 Å². The van der Waals surface area contributed by atoms with Gasteiger partial charge in [0.05, 0.1) is 18.0 Å². The van der Waals surface area contributed by atoms with Crippen LogP contribution in [0.4, 0.5) is 0 Å². The second-order valence-electron chi connectivity index (χ2n) is 4.32. The zero-order chi connectivity index (χ0) is 11.8. The summed E-state index contributed by atoms with van der Waals surface area (Å²) in [6.07, 6.45) is 3.21. The number of halogens is 1. The standard InChI is InChI=1S/C13H13ClN2O/c14-10-5-3-9(4-6-10)13-15-8-11-12(17)2-1-7-16(11)13/h3-6,8,12,17H,1-2,7H2. The third kappa shape index (κ3) is 1.85. The number of aliphatic hydroxyl groups excluding tert-OH is 1. The van der Waals surface area contributed by atoms with Gasteiger partial charge in [-0.25, -0.2) is 4.98 Å². The first-order chi connectivity index (χ1) is 8.25. The van der Waals surface area contributed by atoms with E-state index in [9.17, 15) is 5.11 Å². The van der Waals surface area contributed by atoms with Crippen molar-refractivity contribution >= 4 is 11.6 Å². The van der Waals surface area contributed by atoms with Crippen molar-refractivity contribution in [2.45, 2.75) is 25.5 Å². The third-order valence-corrected chi connectivity index (χ3v) is 3.44. The lowest BCUT2D eigenvalue weighted by molar-refractivity contribution is 0.139. The van der Waals surface area contributed by atoms with E-state index in [1.165, 1.54) is 0 Å². The van der Waals surface area contributed by atoms with E-state index in [-0.39, 0.29) is 6.10 Å². The summed E-state index contributed by atoms with van der Waals surface area (Å²) in [5.74, 6) is 0.912. The summed E-state index contributed by atoms with van der Waals surface area (Å²) in [6, 6.07) is 7.63. The molecule has 1 aliphatic rings. The zero-order valence-corrected chi connectivity index (χ0v) is 10.1. The molecule has 3 nitrogen and oxygen atoms in total. The number of aliphatic hydroxyl groups is 1. The Morgan fingerprint density at radius 3 is 2.82 bits per heavy atom. The molecule has 1 atom stereocenters. The second kappa shape index (κ2) is 4.17. The smallest absolute Gasteiger partial charge is 0.140 e. The molecule has 0 bridgehead atoms. The average Bonchev–Trinajstić information content (AvgIpc) is 2.75. The van der Waals surface area contributed by atoms with Gasteiger partial charge in [0.2, 0.25) is 0 Å². The molecule has 2 heterocycles. The van der Waals surface area contributed by atoms with Crippen LogP contribution in [0.3, 0.4) is 0 Å². The highest BCUT2D eigenvalue weighted by Crippen LogP contribution is 2.30. The van der Waals surface area contributed by atoms with E-state index in [1.807, 2.05) is 24.3 Å². The van der Waals surface area contributed by atoms with Crippen molar-refractivity contribution in [2.24, 2.45) is 0 Å². The minimum absolute atomic E-state index is 0.377. The molecule has 0 amide bonds. The van der Waals surface area contributed by atoms with Crippen molar-refractivity contribution in [3.8, 4) is 11.4 Å². The molecule has 88 valence electrons. The Hall–Kier alpha value is -1.32. The normalized spacial score (nSPS) is 19.1. The first-order valence-corrected chi connectivity index (χ1v) is 6.13.